The Labute approximate surface area is 222 Å². The first-order chi connectivity index (χ1) is 17.7. The molecular formula is C25H38N2O11. The van der Waals surface area contributed by atoms with Crippen molar-refractivity contribution in [2.75, 3.05) is 20.3 Å². The lowest BCUT2D eigenvalue weighted by atomic mass is 9.99. The summed E-state index contributed by atoms with van der Waals surface area (Å²) in [5, 5.41) is 1.81. The molecule has 2 aliphatic heterocycles. The van der Waals surface area contributed by atoms with Gasteiger partial charge in [-0.25, -0.2) is 9.86 Å². The van der Waals surface area contributed by atoms with Crippen LogP contribution in [0.25, 0.3) is 0 Å². The lowest BCUT2D eigenvalue weighted by Crippen LogP contribution is -2.37. The second-order valence-corrected chi connectivity index (χ2v) is 9.80. The van der Waals surface area contributed by atoms with Crippen LogP contribution in [-0.4, -0.2) is 83.3 Å². The van der Waals surface area contributed by atoms with Gasteiger partial charge < -0.3 is 19.1 Å². The van der Waals surface area contributed by atoms with Gasteiger partial charge in [0.25, 0.3) is 11.8 Å². The summed E-state index contributed by atoms with van der Waals surface area (Å²) in [4.78, 5) is 88.9. The van der Waals surface area contributed by atoms with Crippen LogP contribution in [0, 0.1) is 0 Å². The summed E-state index contributed by atoms with van der Waals surface area (Å²) in [5.41, 5.74) is -1.97. The number of aldehydes is 1. The van der Waals surface area contributed by atoms with Crippen LogP contribution in [0.2, 0.25) is 0 Å². The van der Waals surface area contributed by atoms with Crippen molar-refractivity contribution in [3.8, 4) is 0 Å². The van der Waals surface area contributed by atoms with Crippen LogP contribution in [0.4, 0.5) is 0 Å². The molecule has 0 bridgehead atoms. The molecule has 0 aliphatic carbocycles. The number of amides is 3. The quantitative estimate of drug-likeness (QED) is 0.178. The molecule has 13 heteroatoms. The number of hydroxylamine groups is 4. The Hall–Kier alpha value is -3.19. The van der Waals surface area contributed by atoms with Gasteiger partial charge in [0.1, 0.15) is 17.5 Å². The maximum absolute atomic E-state index is 12.0. The van der Waals surface area contributed by atoms with Gasteiger partial charge in [0.2, 0.25) is 5.91 Å². The third kappa shape index (κ3) is 11.5. The Balaban J connectivity index is 0.000000763. The van der Waals surface area contributed by atoms with E-state index < -0.39 is 35.0 Å². The molecule has 0 aromatic carbocycles. The molecule has 2 rings (SSSR count). The Morgan fingerprint density at radius 2 is 1.50 bits per heavy atom. The van der Waals surface area contributed by atoms with E-state index in [1.165, 1.54) is 12.2 Å². The van der Waals surface area contributed by atoms with Gasteiger partial charge in [-0.1, -0.05) is 0 Å². The number of carbonyl (C=O) groups excluding carboxylic acids is 7. The number of rotatable bonds is 14. The standard InChI is InChI=1S/C20H29NO9.C5H9NO2/c1-19(2,11-13-28-20(3,4)14(23)6-5-12-22)29-17(26)9-10-18(27)30-21-15(24)7-8-16(21)25;1-8-6-4-2-3-5(6)7/h12H,5-11,13H2,1-4H3;2-4H2,1H3. The smallest absolute Gasteiger partial charge is 0.333 e. The number of Topliss-reactive ketones (excluding diaryl/α,β-unsaturated/α-hetero) is 1. The van der Waals surface area contributed by atoms with Crippen LogP contribution in [0.5, 0.6) is 0 Å². The fourth-order valence-electron chi connectivity index (χ4n) is 3.36. The number of nitrogens with zero attached hydrogens (tertiary/aromatic N) is 2. The topological polar surface area (TPSA) is 163 Å². The minimum absolute atomic E-state index is 0.0100. The summed E-state index contributed by atoms with van der Waals surface area (Å²) in [6.45, 7) is 7.45. The summed E-state index contributed by atoms with van der Waals surface area (Å²) in [6.07, 6.45) is 2.14. The Morgan fingerprint density at radius 1 is 0.895 bits per heavy atom. The molecule has 0 aromatic heterocycles. The summed E-state index contributed by atoms with van der Waals surface area (Å²) in [5.74, 6) is -2.82. The Morgan fingerprint density at radius 3 is 2.00 bits per heavy atom. The highest BCUT2D eigenvalue weighted by molar-refractivity contribution is 6.01. The number of ketones is 1. The summed E-state index contributed by atoms with van der Waals surface area (Å²) >= 11 is 0. The third-order valence-electron chi connectivity index (χ3n) is 5.70. The van der Waals surface area contributed by atoms with Crippen LogP contribution in [0.15, 0.2) is 0 Å². The maximum atomic E-state index is 12.0. The SMILES string of the molecule is CC(C)(CCOC(C)(C)C(=O)CCC=O)OC(=O)CCC(=O)ON1C(=O)CCC1=O.CON1CCCC1=O. The Bertz CT molecular complexity index is 882. The first-order valence-electron chi connectivity index (χ1n) is 12.5. The van der Waals surface area contributed by atoms with Crippen molar-refractivity contribution in [1.29, 1.82) is 0 Å². The van der Waals surface area contributed by atoms with E-state index in [0.29, 0.717) is 24.2 Å². The lowest BCUT2D eigenvalue weighted by molar-refractivity contribution is -0.197. The molecule has 0 spiro atoms. The highest BCUT2D eigenvalue weighted by atomic mass is 16.7. The molecule has 2 fully saturated rings. The average Bonchev–Trinajstić information content (AvgIpc) is 3.40. The van der Waals surface area contributed by atoms with Crippen molar-refractivity contribution in [2.45, 2.75) is 96.7 Å². The van der Waals surface area contributed by atoms with Gasteiger partial charge in [-0.05, 0) is 34.1 Å². The zero-order chi connectivity index (χ0) is 28.9. The fourth-order valence-corrected chi connectivity index (χ4v) is 3.36. The second-order valence-electron chi connectivity index (χ2n) is 9.80. The molecule has 2 heterocycles. The number of hydrogen-bond donors (Lipinski definition) is 0. The van der Waals surface area contributed by atoms with Crippen molar-refractivity contribution in [1.82, 2.24) is 10.1 Å². The molecule has 0 unspecified atom stereocenters. The average molecular weight is 543 g/mol. The zero-order valence-corrected chi connectivity index (χ0v) is 22.7. The van der Waals surface area contributed by atoms with Crippen LogP contribution >= 0.6 is 0 Å². The number of hydrogen-bond acceptors (Lipinski definition) is 11. The molecule has 2 saturated heterocycles. The molecule has 0 radical (unpaired) electrons. The molecule has 0 aromatic rings. The van der Waals surface area contributed by atoms with Crippen molar-refractivity contribution in [3.63, 3.8) is 0 Å². The van der Waals surface area contributed by atoms with E-state index in [0.717, 1.165) is 13.0 Å². The van der Waals surface area contributed by atoms with Crippen LogP contribution in [0.1, 0.15) is 85.5 Å². The molecule has 2 aliphatic rings. The predicted octanol–water partition coefficient (Wildman–Crippen LogP) is 1.60. The van der Waals surface area contributed by atoms with E-state index in [1.54, 1.807) is 27.7 Å². The van der Waals surface area contributed by atoms with Gasteiger partial charge in [0.05, 0.1) is 26.6 Å². The highest BCUT2D eigenvalue weighted by Crippen LogP contribution is 2.20. The van der Waals surface area contributed by atoms with E-state index >= 15 is 0 Å². The summed E-state index contributed by atoms with van der Waals surface area (Å²) < 4.78 is 10.9. The largest absolute Gasteiger partial charge is 0.460 e. The maximum Gasteiger partial charge on any atom is 0.333 e. The third-order valence-corrected chi connectivity index (χ3v) is 5.70. The number of esters is 1. The fraction of sp³-hybridized carbons (Fsp3) is 0.720. The van der Waals surface area contributed by atoms with Crippen molar-refractivity contribution < 1.29 is 52.7 Å². The minimum atomic E-state index is -1.06. The molecule has 38 heavy (non-hydrogen) atoms. The van der Waals surface area contributed by atoms with E-state index in [1.807, 2.05) is 0 Å². The van der Waals surface area contributed by atoms with E-state index in [9.17, 15) is 33.6 Å². The molecule has 3 amide bonds. The first-order valence-corrected chi connectivity index (χ1v) is 12.5. The van der Waals surface area contributed by atoms with E-state index in [-0.39, 0.29) is 56.8 Å². The molecule has 0 saturated carbocycles. The molecule has 0 atom stereocenters. The van der Waals surface area contributed by atoms with E-state index in [4.69, 9.17) is 14.3 Å². The van der Waals surface area contributed by atoms with Gasteiger partial charge >= 0.3 is 11.9 Å². The number of ether oxygens (including phenoxy) is 2. The van der Waals surface area contributed by atoms with Gasteiger partial charge in [0.15, 0.2) is 5.78 Å². The van der Waals surface area contributed by atoms with Crippen LogP contribution in [-0.2, 0) is 52.7 Å². The number of imide groups is 1. The van der Waals surface area contributed by atoms with Crippen LogP contribution < -0.4 is 0 Å². The first kappa shape index (κ1) is 32.8. The van der Waals surface area contributed by atoms with Crippen LogP contribution in [0.3, 0.4) is 0 Å². The molecule has 13 nitrogen and oxygen atoms in total. The second kappa shape index (κ2) is 15.3. The van der Waals surface area contributed by atoms with Crippen molar-refractivity contribution >= 4 is 41.7 Å². The van der Waals surface area contributed by atoms with Gasteiger partial charge in [-0.15, -0.1) is 5.06 Å². The predicted molar refractivity (Wildman–Crippen MR) is 129 cm³/mol. The zero-order valence-electron chi connectivity index (χ0n) is 22.7. The van der Waals surface area contributed by atoms with Gasteiger partial charge in [0, 0.05) is 45.1 Å². The molecular weight excluding hydrogens is 504 g/mol. The monoisotopic (exact) mass is 542 g/mol. The lowest BCUT2D eigenvalue weighted by Gasteiger charge is -2.28. The minimum Gasteiger partial charge on any atom is -0.460 e. The van der Waals surface area contributed by atoms with Crippen molar-refractivity contribution in [2.24, 2.45) is 0 Å². The molecule has 214 valence electrons. The highest BCUT2D eigenvalue weighted by Gasteiger charge is 2.33. The number of carbonyl (C=O) groups is 7. The Kier molecular flexibility index (Phi) is 13.2. The summed E-state index contributed by atoms with van der Waals surface area (Å²) in [6, 6.07) is 0. The van der Waals surface area contributed by atoms with Crippen molar-refractivity contribution in [3.05, 3.63) is 0 Å². The summed E-state index contributed by atoms with van der Waals surface area (Å²) in [7, 11) is 1.52. The molecule has 0 N–H and O–H groups in total. The normalized spacial score (nSPS) is 15.8. The van der Waals surface area contributed by atoms with E-state index in [2.05, 4.69) is 4.84 Å². The van der Waals surface area contributed by atoms with Gasteiger partial charge in [-0.3, -0.25) is 28.8 Å². The van der Waals surface area contributed by atoms with Gasteiger partial charge in [-0.2, -0.15) is 0 Å².